The number of likely N-dealkylation sites (N-methyl/N-ethyl adjacent to an activating group) is 1. The van der Waals surface area contributed by atoms with Gasteiger partial charge in [0.25, 0.3) is 0 Å². The number of likely N-dealkylation sites (tertiary alicyclic amines) is 1. The minimum absolute atomic E-state index is 0.772. The van der Waals surface area contributed by atoms with Crippen LogP contribution >= 0.6 is 0 Å². The molecule has 2 aliphatic rings. The van der Waals surface area contributed by atoms with Gasteiger partial charge in [0.2, 0.25) is 0 Å². The number of anilines is 1. The van der Waals surface area contributed by atoms with Crippen molar-refractivity contribution in [3.8, 4) is 22.8 Å². The second-order valence-electron chi connectivity index (χ2n) is 9.14. The van der Waals surface area contributed by atoms with Crippen molar-refractivity contribution < 1.29 is 0 Å². The molecule has 0 atom stereocenters. The third kappa shape index (κ3) is 4.09. The summed E-state index contributed by atoms with van der Waals surface area (Å²) < 4.78 is 0. The summed E-state index contributed by atoms with van der Waals surface area (Å²) in [6.07, 6.45) is 8.27. The zero-order chi connectivity index (χ0) is 22.2. The summed E-state index contributed by atoms with van der Waals surface area (Å²) in [5.41, 5.74) is 5.87. The Morgan fingerprint density at radius 1 is 1.00 bits per heavy atom. The van der Waals surface area contributed by atoms with E-state index < -0.39 is 0 Å². The summed E-state index contributed by atoms with van der Waals surface area (Å²) in [6, 6.07) is 6.21. The molecule has 0 bridgehead atoms. The lowest BCUT2D eigenvalue weighted by Crippen LogP contribution is -2.44. The van der Waals surface area contributed by atoms with Crippen molar-refractivity contribution in [2.24, 2.45) is 0 Å². The van der Waals surface area contributed by atoms with E-state index in [2.05, 4.69) is 53.0 Å². The average Bonchev–Trinajstić information content (AvgIpc) is 3.60. The largest absolute Gasteiger partial charge is 0.352 e. The Kier molecular flexibility index (Phi) is 5.27. The van der Waals surface area contributed by atoms with Crippen LogP contribution in [0.5, 0.6) is 0 Å². The van der Waals surface area contributed by atoms with E-state index in [4.69, 9.17) is 4.98 Å². The van der Waals surface area contributed by atoms with Gasteiger partial charge in [-0.3, -0.25) is 15.0 Å². The van der Waals surface area contributed by atoms with Crippen molar-refractivity contribution in [1.29, 1.82) is 0 Å². The Hall–Kier alpha value is -3.30. The standard InChI is InChI=1S/C24H29N9/c1-31-8-10-33(11-9-31)24-22-19(4-5-26-24)27-23(28-22)21-13-20(29-30-21)18-12-17(14-25-15-18)16-32-6-2-3-7-32/h4-5,12-15H,2-3,6-11,16H2,1H3,(H,27,28)(H,29,30). The van der Waals surface area contributed by atoms with Crippen molar-refractivity contribution in [3.05, 3.63) is 42.4 Å². The molecule has 2 aliphatic heterocycles. The molecule has 2 saturated heterocycles. The number of fused-ring (bicyclic) bond motifs is 1. The molecule has 170 valence electrons. The molecule has 9 nitrogen and oxygen atoms in total. The first-order valence-electron chi connectivity index (χ1n) is 11.7. The monoisotopic (exact) mass is 443 g/mol. The molecule has 2 N–H and O–H groups in total. The highest BCUT2D eigenvalue weighted by Gasteiger charge is 2.20. The third-order valence-corrected chi connectivity index (χ3v) is 6.71. The van der Waals surface area contributed by atoms with Gasteiger partial charge in [0, 0.05) is 56.9 Å². The molecule has 4 aromatic rings. The topological polar surface area (TPSA) is 92.9 Å². The minimum Gasteiger partial charge on any atom is -0.352 e. The van der Waals surface area contributed by atoms with E-state index in [0.29, 0.717) is 0 Å². The molecular formula is C24H29N9. The van der Waals surface area contributed by atoms with Gasteiger partial charge in [-0.2, -0.15) is 5.10 Å². The maximum absolute atomic E-state index is 4.90. The molecule has 0 aliphatic carbocycles. The normalized spacial score (nSPS) is 17.9. The quantitative estimate of drug-likeness (QED) is 0.490. The predicted molar refractivity (Wildman–Crippen MR) is 129 cm³/mol. The molecule has 6 heterocycles. The van der Waals surface area contributed by atoms with E-state index in [1.54, 1.807) is 0 Å². The summed E-state index contributed by atoms with van der Waals surface area (Å²) in [5, 5.41) is 7.71. The Morgan fingerprint density at radius 3 is 2.70 bits per heavy atom. The van der Waals surface area contributed by atoms with Gasteiger partial charge in [0.15, 0.2) is 11.6 Å². The number of hydrogen-bond donors (Lipinski definition) is 2. The number of pyridine rings is 2. The van der Waals surface area contributed by atoms with E-state index in [1.165, 1.54) is 31.5 Å². The Balaban J connectivity index is 1.26. The molecule has 0 unspecified atom stereocenters. The van der Waals surface area contributed by atoms with Crippen LogP contribution in [-0.2, 0) is 6.54 Å². The summed E-state index contributed by atoms with van der Waals surface area (Å²) in [6.45, 7) is 7.28. The smallest absolute Gasteiger partial charge is 0.156 e. The van der Waals surface area contributed by atoms with Gasteiger partial charge in [0.1, 0.15) is 11.2 Å². The first-order valence-corrected chi connectivity index (χ1v) is 11.7. The van der Waals surface area contributed by atoms with Crippen LogP contribution in [0, 0.1) is 0 Å². The van der Waals surface area contributed by atoms with Crippen molar-refractivity contribution >= 4 is 16.9 Å². The summed E-state index contributed by atoms with van der Waals surface area (Å²) in [5.74, 6) is 1.72. The number of aromatic nitrogens is 6. The van der Waals surface area contributed by atoms with Gasteiger partial charge in [-0.1, -0.05) is 0 Å². The van der Waals surface area contributed by atoms with E-state index >= 15 is 0 Å². The van der Waals surface area contributed by atoms with Gasteiger partial charge in [0.05, 0.1) is 11.2 Å². The zero-order valence-corrected chi connectivity index (χ0v) is 19.0. The van der Waals surface area contributed by atoms with Crippen LogP contribution in [0.4, 0.5) is 5.82 Å². The van der Waals surface area contributed by atoms with Crippen molar-refractivity contribution in [1.82, 2.24) is 39.9 Å². The van der Waals surface area contributed by atoms with Crippen LogP contribution in [0.2, 0.25) is 0 Å². The van der Waals surface area contributed by atoms with Crippen molar-refractivity contribution in [2.75, 3.05) is 51.2 Å². The van der Waals surface area contributed by atoms with Crippen LogP contribution in [-0.4, -0.2) is 86.2 Å². The Morgan fingerprint density at radius 2 is 1.85 bits per heavy atom. The van der Waals surface area contributed by atoms with Gasteiger partial charge in [-0.15, -0.1) is 0 Å². The SMILES string of the molecule is CN1CCN(c2nccc3[nH]c(-c4cc(-c5cncc(CN6CCCC6)c5)n[nH]4)nc23)CC1. The second kappa shape index (κ2) is 8.57. The fourth-order valence-electron chi connectivity index (χ4n) is 4.80. The van der Waals surface area contributed by atoms with Crippen LogP contribution < -0.4 is 4.90 Å². The highest BCUT2D eigenvalue weighted by Crippen LogP contribution is 2.28. The number of aromatic amines is 2. The molecule has 9 heteroatoms. The zero-order valence-electron chi connectivity index (χ0n) is 19.0. The van der Waals surface area contributed by atoms with E-state index in [-0.39, 0.29) is 0 Å². The Labute approximate surface area is 192 Å². The highest BCUT2D eigenvalue weighted by molar-refractivity contribution is 5.88. The molecule has 0 aromatic carbocycles. The maximum Gasteiger partial charge on any atom is 0.156 e. The molecule has 0 saturated carbocycles. The molecule has 0 radical (unpaired) electrons. The molecule has 4 aromatic heterocycles. The average molecular weight is 444 g/mol. The van der Waals surface area contributed by atoms with E-state index in [9.17, 15) is 0 Å². The lowest BCUT2D eigenvalue weighted by Gasteiger charge is -2.33. The van der Waals surface area contributed by atoms with Crippen LogP contribution in [0.15, 0.2) is 36.8 Å². The summed E-state index contributed by atoms with van der Waals surface area (Å²) in [4.78, 5) is 24.6. The fraction of sp³-hybridized carbons (Fsp3) is 0.417. The molecule has 2 fully saturated rings. The predicted octanol–water partition coefficient (Wildman–Crippen LogP) is 2.76. The molecule has 6 rings (SSSR count). The van der Waals surface area contributed by atoms with Crippen LogP contribution in [0.25, 0.3) is 33.8 Å². The first-order chi connectivity index (χ1) is 16.2. The molecule has 0 spiro atoms. The molecular weight excluding hydrogens is 414 g/mol. The van der Waals surface area contributed by atoms with Gasteiger partial charge < -0.3 is 14.8 Å². The molecule has 33 heavy (non-hydrogen) atoms. The lowest BCUT2D eigenvalue weighted by atomic mass is 10.1. The van der Waals surface area contributed by atoms with Gasteiger partial charge in [-0.05, 0) is 56.7 Å². The Bertz CT molecular complexity index is 1250. The number of rotatable bonds is 5. The van der Waals surface area contributed by atoms with Crippen LogP contribution in [0.3, 0.4) is 0 Å². The number of nitrogens with one attached hydrogen (secondary N) is 2. The van der Waals surface area contributed by atoms with Gasteiger partial charge >= 0.3 is 0 Å². The highest BCUT2D eigenvalue weighted by atomic mass is 15.3. The van der Waals surface area contributed by atoms with E-state index in [0.717, 1.165) is 72.4 Å². The number of imidazole rings is 1. The number of piperazine rings is 1. The number of hydrogen-bond acceptors (Lipinski definition) is 7. The summed E-state index contributed by atoms with van der Waals surface area (Å²) >= 11 is 0. The van der Waals surface area contributed by atoms with Gasteiger partial charge in [-0.25, -0.2) is 9.97 Å². The van der Waals surface area contributed by atoms with E-state index in [1.807, 2.05) is 30.7 Å². The molecule has 0 amide bonds. The number of H-pyrrole nitrogens is 2. The third-order valence-electron chi connectivity index (χ3n) is 6.71. The van der Waals surface area contributed by atoms with Crippen molar-refractivity contribution in [2.45, 2.75) is 19.4 Å². The second-order valence-corrected chi connectivity index (χ2v) is 9.14. The maximum atomic E-state index is 4.90. The lowest BCUT2D eigenvalue weighted by molar-refractivity contribution is 0.312. The first kappa shape index (κ1) is 20.3. The number of nitrogens with zero attached hydrogens (tertiary/aromatic N) is 7. The van der Waals surface area contributed by atoms with Crippen molar-refractivity contribution in [3.63, 3.8) is 0 Å². The fourth-order valence-corrected chi connectivity index (χ4v) is 4.80. The van der Waals surface area contributed by atoms with Crippen LogP contribution in [0.1, 0.15) is 18.4 Å². The summed E-state index contributed by atoms with van der Waals surface area (Å²) in [7, 11) is 2.16. The minimum atomic E-state index is 0.772.